The Hall–Kier alpha value is -2.05. The number of carboxylic acid groups (broad SMARTS) is 1. The van der Waals surface area contributed by atoms with E-state index in [4.69, 9.17) is 5.11 Å². The van der Waals surface area contributed by atoms with Crippen molar-refractivity contribution < 1.29 is 19.5 Å². The Balaban J connectivity index is 1.95. The number of thioether (sulfide) groups is 2. The molecule has 0 unspecified atom stereocenters. The number of carboxylic acids is 1. The van der Waals surface area contributed by atoms with Gasteiger partial charge in [0.05, 0.1) is 5.56 Å². The zero-order valence-electron chi connectivity index (χ0n) is 13.7. The summed E-state index contributed by atoms with van der Waals surface area (Å²) in [6.07, 6.45) is 2.44. The quantitative estimate of drug-likeness (QED) is 0.678. The van der Waals surface area contributed by atoms with E-state index in [-0.39, 0.29) is 15.8 Å². The summed E-state index contributed by atoms with van der Waals surface area (Å²) in [6, 6.07) is 13.1. The van der Waals surface area contributed by atoms with Crippen LogP contribution < -0.4 is 0 Å². The molecule has 0 atom stereocenters. The molecule has 2 rings (SSSR count). The van der Waals surface area contributed by atoms with E-state index in [0.717, 1.165) is 29.5 Å². The molecule has 0 saturated carbocycles. The molecule has 0 fully saturated rings. The van der Waals surface area contributed by atoms with E-state index < -0.39 is 5.97 Å². The molecule has 0 bridgehead atoms. The van der Waals surface area contributed by atoms with Crippen molar-refractivity contribution in [3.05, 3.63) is 59.7 Å². The van der Waals surface area contributed by atoms with E-state index in [0.29, 0.717) is 16.9 Å². The third kappa shape index (κ3) is 6.07. The average molecular weight is 374 g/mol. The van der Waals surface area contributed by atoms with Gasteiger partial charge in [0.15, 0.2) is 5.12 Å². The fourth-order valence-corrected chi connectivity index (χ4v) is 3.52. The molecule has 130 valence electrons. The fraction of sp³-hybridized carbons (Fsp3) is 0.211. The Bertz CT molecular complexity index is 752. The number of hydrogen-bond donors (Lipinski definition) is 1. The third-order valence-corrected chi connectivity index (χ3v) is 5.24. The predicted octanol–water partition coefficient (Wildman–Crippen LogP) is 5.13. The number of aromatic carboxylic acids is 1. The van der Waals surface area contributed by atoms with Crippen LogP contribution in [0.5, 0.6) is 0 Å². The van der Waals surface area contributed by atoms with Gasteiger partial charge in [-0.2, -0.15) is 0 Å². The number of hydrogen-bond acceptors (Lipinski definition) is 5. The van der Waals surface area contributed by atoms with Gasteiger partial charge in [0.25, 0.3) is 0 Å². The number of rotatable bonds is 7. The van der Waals surface area contributed by atoms with Gasteiger partial charge in [-0.05, 0) is 66.7 Å². The first-order valence-electron chi connectivity index (χ1n) is 7.86. The van der Waals surface area contributed by atoms with Crippen molar-refractivity contribution in [2.45, 2.75) is 36.0 Å². The van der Waals surface area contributed by atoms with E-state index in [2.05, 4.69) is 0 Å². The van der Waals surface area contributed by atoms with Crippen molar-refractivity contribution in [1.29, 1.82) is 0 Å². The van der Waals surface area contributed by atoms with Gasteiger partial charge in [0, 0.05) is 21.8 Å². The molecule has 0 aromatic heterocycles. The average Bonchev–Trinajstić information content (AvgIpc) is 2.61. The molecule has 0 aliphatic carbocycles. The molecule has 6 heteroatoms. The maximum absolute atomic E-state index is 12.3. The molecule has 25 heavy (non-hydrogen) atoms. The maximum Gasteiger partial charge on any atom is 0.335 e. The predicted molar refractivity (Wildman–Crippen MR) is 100 cm³/mol. The van der Waals surface area contributed by atoms with Gasteiger partial charge in [-0.25, -0.2) is 4.79 Å². The first kappa shape index (κ1) is 19.3. The number of benzene rings is 2. The summed E-state index contributed by atoms with van der Waals surface area (Å²) in [5.41, 5.74) is 0.726. The second-order valence-corrected chi connectivity index (χ2v) is 7.50. The Morgan fingerprint density at radius 3 is 1.88 bits per heavy atom. The van der Waals surface area contributed by atoms with E-state index >= 15 is 0 Å². The van der Waals surface area contributed by atoms with Gasteiger partial charge in [-0.1, -0.05) is 25.1 Å². The molecule has 0 spiro atoms. The minimum Gasteiger partial charge on any atom is -0.478 e. The Kier molecular flexibility index (Phi) is 7.28. The molecule has 2 aromatic rings. The highest BCUT2D eigenvalue weighted by Crippen LogP contribution is 2.26. The summed E-state index contributed by atoms with van der Waals surface area (Å²) in [5.74, 6) is -0.996. The summed E-state index contributed by atoms with van der Waals surface area (Å²) >= 11 is 2.24. The standard InChI is InChI=1S/C19H18O4S2/c1-2-3-4-17(20)24-15-11-7-14(8-12-15)19(23)25-16-9-5-13(6-10-16)18(21)22/h5-12H,2-4H2,1H3,(H,21,22). The van der Waals surface area contributed by atoms with Crippen molar-refractivity contribution in [1.82, 2.24) is 0 Å². The van der Waals surface area contributed by atoms with Gasteiger partial charge < -0.3 is 5.11 Å². The van der Waals surface area contributed by atoms with Crippen molar-refractivity contribution in [3.8, 4) is 0 Å². The number of unbranched alkanes of at least 4 members (excludes halogenated alkanes) is 1. The first-order chi connectivity index (χ1) is 12.0. The molecule has 0 amide bonds. The Morgan fingerprint density at radius 1 is 0.840 bits per heavy atom. The highest BCUT2D eigenvalue weighted by molar-refractivity contribution is 8.14. The highest BCUT2D eigenvalue weighted by Gasteiger charge is 2.10. The van der Waals surface area contributed by atoms with Crippen LogP contribution in [0, 0.1) is 0 Å². The van der Waals surface area contributed by atoms with Crippen LogP contribution in [0.15, 0.2) is 58.3 Å². The monoisotopic (exact) mass is 374 g/mol. The molecule has 1 N–H and O–H groups in total. The van der Waals surface area contributed by atoms with Crippen molar-refractivity contribution in [2.24, 2.45) is 0 Å². The van der Waals surface area contributed by atoms with Crippen LogP contribution in [0.2, 0.25) is 0 Å². The van der Waals surface area contributed by atoms with E-state index in [9.17, 15) is 14.4 Å². The second-order valence-electron chi connectivity index (χ2n) is 5.32. The Morgan fingerprint density at radius 2 is 1.36 bits per heavy atom. The minimum atomic E-state index is -0.996. The van der Waals surface area contributed by atoms with Gasteiger partial charge in [-0.3, -0.25) is 9.59 Å². The topological polar surface area (TPSA) is 71.4 Å². The lowest BCUT2D eigenvalue weighted by molar-refractivity contribution is -0.111. The maximum atomic E-state index is 12.3. The molecule has 0 radical (unpaired) electrons. The van der Waals surface area contributed by atoms with Crippen molar-refractivity contribution in [3.63, 3.8) is 0 Å². The van der Waals surface area contributed by atoms with Crippen LogP contribution in [0.1, 0.15) is 46.9 Å². The van der Waals surface area contributed by atoms with Crippen LogP contribution in [-0.4, -0.2) is 21.3 Å². The molecule has 0 aliphatic rings. The molecule has 2 aromatic carbocycles. The number of carbonyl (C=O) groups excluding carboxylic acids is 2. The molecular weight excluding hydrogens is 356 g/mol. The van der Waals surface area contributed by atoms with Gasteiger partial charge in [0.1, 0.15) is 0 Å². The van der Waals surface area contributed by atoms with Crippen LogP contribution in [-0.2, 0) is 4.79 Å². The minimum absolute atomic E-state index is 0.128. The molecule has 0 saturated heterocycles. The third-order valence-electron chi connectivity index (χ3n) is 3.37. The van der Waals surface area contributed by atoms with Crippen molar-refractivity contribution >= 4 is 39.7 Å². The first-order valence-corrected chi connectivity index (χ1v) is 9.49. The summed E-state index contributed by atoms with van der Waals surface area (Å²) < 4.78 is 0. The normalized spacial score (nSPS) is 10.4. The summed E-state index contributed by atoms with van der Waals surface area (Å²) in [7, 11) is 0. The molecule has 4 nitrogen and oxygen atoms in total. The van der Waals surface area contributed by atoms with Crippen LogP contribution in [0.4, 0.5) is 0 Å². The zero-order chi connectivity index (χ0) is 18.2. The summed E-state index contributed by atoms with van der Waals surface area (Å²) in [4.78, 5) is 36.4. The van der Waals surface area contributed by atoms with E-state index in [1.54, 1.807) is 36.4 Å². The van der Waals surface area contributed by atoms with Gasteiger partial charge in [0.2, 0.25) is 5.12 Å². The van der Waals surface area contributed by atoms with E-state index in [1.807, 2.05) is 6.92 Å². The smallest absolute Gasteiger partial charge is 0.335 e. The van der Waals surface area contributed by atoms with Crippen LogP contribution in [0.3, 0.4) is 0 Å². The van der Waals surface area contributed by atoms with Gasteiger partial charge >= 0.3 is 5.97 Å². The number of carbonyl (C=O) groups is 3. The Labute approximate surface area is 155 Å². The lowest BCUT2D eigenvalue weighted by atomic mass is 10.2. The molecule has 0 aliphatic heterocycles. The van der Waals surface area contributed by atoms with E-state index in [1.165, 1.54) is 23.9 Å². The lowest BCUT2D eigenvalue weighted by Crippen LogP contribution is -1.96. The largest absolute Gasteiger partial charge is 0.478 e. The molecule has 0 heterocycles. The second kappa shape index (κ2) is 9.44. The zero-order valence-corrected chi connectivity index (χ0v) is 15.4. The molecular formula is C19H18O4S2. The lowest BCUT2D eigenvalue weighted by Gasteiger charge is -2.04. The highest BCUT2D eigenvalue weighted by atomic mass is 32.2. The fourth-order valence-electron chi connectivity index (χ4n) is 1.99. The van der Waals surface area contributed by atoms with Crippen LogP contribution in [0.25, 0.3) is 0 Å². The summed E-state index contributed by atoms with van der Waals surface area (Å²) in [6.45, 7) is 2.05. The summed E-state index contributed by atoms with van der Waals surface area (Å²) in [5, 5.41) is 8.88. The SMILES string of the molecule is CCCCC(=O)Sc1ccc(C(=O)Sc2ccc(C(=O)O)cc2)cc1. The van der Waals surface area contributed by atoms with Gasteiger partial charge in [-0.15, -0.1) is 0 Å². The van der Waals surface area contributed by atoms with Crippen LogP contribution >= 0.6 is 23.5 Å². The van der Waals surface area contributed by atoms with Crippen molar-refractivity contribution in [2.75, 3.05) is 0 Å².